The van der Waals surface area contributed by atoms with Gasteiger partial charge in [-0.1, -0.05) is 119 Å². The molecule has 0 bridgehead atoms. The van der Waals surface area contributed by atoms with E-state index in [0.29, 0.717) is 55.0 Å². The molecule has 0 spiro atoms. The van der Waals surface area contributed by atoms with Gasteiger partial charge >= 0.3 is 5.97 Å². The second-order valence-corrected chi connectivity index (χ2v) is 23.9. The summed E-state index contributed by atoms with van der Waals surface area (Å²) in [7, 11) is 3.85. The van der Waals surface area contributed by atoms with Gasteiger partial charge in [0.1, 0.15) is 59.8 Å². The number of aliphatic carboxylic acids is 1. The number of nitrogens with zero attached hydrogens (tertiary/aromatic N) is 12. The average molecular weight is 1340 g/mol. The molecule has 6 aromatic rings. The molecule has 10 N–H and O–H groups in total. The summed E-state index contributed by atoms with van der Waals surface area (Å²) in [5.74, 6) is -4.74. The summed E-state index contributed by atoms with van der Waals surface area (Å²) in [5, 5.41) is 35.8. The number of nitrogens with two attached hydrogens (primary N) is 2. The zero-order chi connectivity index (χ0) is 65.2. The van der Waals surface area contributed by atoms with Crippen molar-refractivity contribution >= 4 is 138 Å². The maximum Gasteiger partial charge on any atom is 0.324 e. The lowest BCUT2D eigenvalue weighted by atomic mass is 10.0. The van der Waals surface area contributed by atoms with Crippen LogP contribution in [-0.4, -0.2) is 177 Å². The lowest BCUT2D eigenvalue weighted by Crippen LogP contribution is -2.38. The van der Waals surface area contributed by atoms with Crippen LogP contribution in [0.2, 0.25) is 10.0 Å². The highest BCUT2D eigenvalue weighted by Gasteiger charge is 2.50. The predicted molar refractivity (Wildman–Crippen MR) is 347 cm³/mol. The summed E-state index contributed by atoms with van der Waals surface area (Å²) in [6, 6.07) is 21.1. The van der Waals surface area contributed by atoms with Crippen LogP contribution in [0.25, 0.3) is 22.3 Å². The average Bonchev–Trinajstić information content (AvgIpc) is 1.68. The van der Waals surface area contributed by atoms with E-state index < -0.39 is 64.2 Å². The summed E-state index contributed by atoms with van der Waals surface area (Å²) in [6.07, 6.45) is 9.07. The molecule has 0 aliphatic carbocycles. The number of rotatable bonds is 15. The fourth-order valence-corrected chi connectivity index (χ4v) is 11.8. The first-order valence-electron chi connectivity index (χ1n) is 27.3. The Morgan fingerprint density at radius 2 is 1.09 bits per heavy atom. The molecular weight excluding hydrogens is 1280 g/mol. The number of benzene rings is 4. The van der Waals surface area contributed by atoms with E-state index in [1.807, 2.05) is 32.8 Å². The number of aliphatic imine (C=N–C) groups is 2. The van der Waals surface area contributed by atoms with Crippen molar-refractivity contribution in [2.24, 2.45) is 31.7 Å². The second-order valence-electron chi connectivity index (χ2n) is 20.5. The number of carbonyl (C=O) groups excluding carboxylic acids is 5. The summed E-state index contributed by atoms with van der Waals surface area (Å²) in [5.41, 5.74) is 15.1. The minimum absolute atomic E-state index is 0.0202. The zero-order valence-electron chi connectivity index (χ0n) is 48.5. The maximum atomic E-state index is 15.3. The number of hydrogen-bond donors (Lipinski definition) is 8. The van der Waals surface area contributed by atoms with Crippen molar-refractivity contribution < 1.29 is 42.7 Å². The van der Waals surface area contributed by atoms with Crippen LogP contribution >= 0.6 is 58.3 Å². The number of hydrazone groups is 2. The normalized spacial score (nSPS) is 19.3. The number of amides is 5. The van der Waals surface area contributed by atoms with Crippen molar-refractivity contribution in [2.45, 2.75) is 48.8 Å². The third-order valence-electron chi connectivity index (χ3n) is 13.5. The summed E-state index contributed by atoms with van der Waals surface area (Å²) >= 11 is 20.6. The van der Waals surface area contributed by atoms with Gasteiger partial charge in [0.25, 0.3) is 11.8 Å². The molecule has 2 fully saturated rings. The number of hydrogen-bond acceptors (Lipinski definition) is 22. The van der Waals surface area contributed by atoms with Crippen LogP contribution in [0.3, 0.4) is 0 Å². The van der Waals surface area contributed by atoms with E-state index in [0.717, 1.165) is 10.7 Å². The lowest BCUT2D eigenvalue weighted by molar-refractivity contribution is -0.138. The number of halogens is 5. The number of amidine groups is 2. The first-order chi connectivity index (χ1) is 43.6. The maximum absolute atomic E-state index is 15.3. The van der Waals surface area contributed by atoms with E-state index in [4.69, 9.17) is 51.4 Å². The number of nitrogens with one attached hydrogen (secondary N) is 5. The minimum Gasteiger partial charge on any atom is -0.480 e. The number of primary amides is 2. The Balaban J connectivity index is 0.000000165. The van der Waals surface area contributed by atoms with E-state index in [9.17, 15) is 33.2 Å². The summed E-state index contributed by atoms with van der Waals surface area (Å²) in [4.78, 5) is 99.7. The first-order valence-corrected chi connectivity index (χ1v) is 30.2. The number of aromatic nitrogens is 4. The van der Waals surface area contributed by atoms with Crippen LogP contribution in [0, 0.1) is 11.6 Å². The van der Waals surface area contributed by atoms with Crippen molar-refractivity contribution in [3.63, 3.8) is 0 Å². The predicted octanol–water partition coefficient (Wildman–Crippen LogP) is 6.17. The van der Waals surface area contributed by atoms with Gasteiger partial charge in [0.05, 0.1) is 60.1 Å². The number of carbonyl (C=O) groups is 6. The Labute approximate surface area is 542 Å². The Hall–Kier alpha value is -9.33. The Morgan fingerprint density at radius 1 is 0.659 bits per heavy atom. The smallest absolute Gasteiger partial charge is 0.324 e. The van der Waals surface area contributed by atoms with E-state index in [2.05, 4.69) is 66.7 Å². The molecule has 0 radical (unpaired) electrons. The van der Waals surface area contributed by atoms with Crippen molar-refractivity contribution in [1.82, 2.24) is 45.1 Å². The Bertz CT molecular complexity index is 3940. The van der Waals surface area contributed by atoms with E-state index >= 15 is 4.39 Å². The standard InChI is InChI=1S/C26H21ClFN9O3S.C15H12ClFN2O.C11H11N7O3S.C6H12ClN/c27-16-6-2-1-4-14(16)15-5-3-7-17(20(15)28)33-24(40)18-10-36(18)19(38)11-37-25-22(21(35-37)23(29)39)34-26(41-25)32-13-8-30-12-31-9-13;16-11-6-2-1-4-9(11)10-5-3-7-12(14(10)17)19-15(20)13-8-18-13;12-9(21)7-8-10(18(17-7)3-6(19)20)22-11(16-8)15-5-1-13-4-14-2-5;1-5(2)6(7)8(3)4/h1-9,12,18,22,25H,10-11H2,(H2,29,39)(H,32,34)(H,33,40);1-7,13,18H,8H2,(H,19,20);1-2,4,8,10H,3H2,(H2,12,21)(H,15,16)(H,19,20);1-4H3/t18-,22?,25?,36?;13-;;/m00../s1. The molecule has 6 atom stereocenters. The molecule has 4 aromatic carbocycles. The molecule has 26 nitrogen and oxygen atoms in total. The molecule has 4 unspecified atom stereocenters. The van der Waals surface area contributed by atoms with Gasteiger partial charge in [0.15, 0.2) is 33.4 Å². The molecule has 6 aliphatic rings. The lowest BCUT2D eigenvalue weighted by Gasteiger charge is -2.21. The molecule has 91 heavy (non-hydrogen) atoms. The zero-order valence-corrected chi connectivity index (χ0v) is 52.4. The molecule has 8 heterocycles. The number of thioether (sulfide) groups is 2. The van der Waals surface area contributed by atoms with Gasteiger partial charge in [-0.05, 0) is 43.7 Å². The van der Waals surface area contributed by atoms with Gasteiger partial charge < -0.3 is 53.0 Å². The van der Waals surface area contributed by atoms with Crippen molar-refractivity contribution in [1.29, 1.82) is 0 Å². The van der Waals surface area contributed by atoms with Crippen LogP contribution in [0.4, 0.5) is 31.5 Å². The SMILES string of the molecule is CC(C)=C(Cl)N(C)C.NC(=O)C1=NN(CC(=O)N2C[C@H]2C(=O)Nc2cccc(-c3ccccc3Cl)c2F)C2SC(Nc3cncnc3)=NC12.NC(=O)C1=NN(CC(=O)O)C2SC(Nc3cncnc3)=NC12.O=C(Nc1cccc(-c2ccccc2Cl)c1F)[C@@H]1CN1. The van der Waals surface area contributed by atoms with Gasteiger partial charge in [0.2, 0.25) is 17.7 Å². The number of anilines is 4. The molecular formula is C58H56Cl3F2N19O7S2. The highest BCUT2D eigenvalue weighted by atomic mass is 35.5. The highest BCUT2D eigenvalue weighted by molar-refractivity contribution is 8.15. The Morgan fingerprint density at radius 3 is 1.48 bits per heavy atom. The highest BCUT2D eigenvalue weighted by Crippen LogP contribution is 2.39. The van der Waals surface area contributed by atoms with Gasteiger partial charge in [-0.25, -0.2) is 38.7 Å². The van der Waals surface area contributed by atoms with Gasteiger partial charge in [-0.2, -0.15) is 10.2 Å². The molecule has 0 saturated carbocycles. The first kappa shape index (κ1) is 66.1. The van der Waals surface area contributed by atoms with Crippen molar-refractivity contribution in [2.75, 3.05) is 61.5 Å². The van der Waals surface area contributed by atoms with Crippen LogP contribution in [0.5, 0.6) is 0 Å². The monoisotopic (exact) mass is 1340 g/mol. The molecule has 472 valence electrons. The number of carboxylic acid groups (broad SMARTS) is 1. The third-order valence-corrected chi connectivity index (χ3v) is 17.2. The van der Waals surface area contributed by atoms with E-state index in [1.165, 1.54) is 63.2 Å². The largest absolute Gasteiger partial charge is 0.480 e. The second kappa shape index (κ2) is 29.5. The number of fused-ring (bicyclic) bond motifs is 2. The fourth-order valence-electron chi connectivity index (χ4n) is 9.05. The van der Waals surface area contributed by atoms with Gasteiger partial charge in [-0.3, -0.25) is 38.8 Å². The number of allylic oxidation sites excluding steroid dienone is 1. The topological polar surface area (TPSA) is 358 Å². The molecule has 2 aromatic heterocycles. The summed E-state index contributed by atoms with van der Waals surface area (Å²) in [6.45, 7) is 4.24. The van der Waals surface area contributed by atoms with Crippen LogP contribution < -0.4 is 38.1 Å². The van der Waals surface area contributed by atoms with Crippen LogP contribution in [0.1, 0.15) is 13.8 Å². The quantitative estimate of drug-likeness (QED) is 0.0420. The third kappa shape index (κ3) is 16.6. The van der Waals surface area contributed by atoms with E-state index in [1.54, 1.807) is 97.6 Å². The molecule has 33 heteroatoms. The van der Waals surface area contributed by atoms with Crippen LogP contribution in [0.15, 0.2) is 153 Å². The molecule has 2 saturated heterocycles. The van der Waals surface area contributed by atoms with Crippen molar-refractivity contribution in [3.05, 3.63) is 155 Å². The molecule has 5 amide bonds. The van der Waals surface area contributed by atoms with Crippen molar-refractivity contribution in [3.8, 4) is 22.3 Å². The Kier molecular flexibility index (Phi) is 21.5. The molecule has 6 aliphatic heterocycles. The van der Waals surface area contributed by atoms with Crippen LogP contribution in [-0.2, 0) is 28.8 Å². The molecule has 12 rings (SSSR count). The van der Waals surface area contributed by atoms with Gasteiger partial charge in [-0.15, -0.1) is 0 Å². The van der Waals surface area contributed by atoms with E-state index in [-0.39, 0.29) is 65.9 Å². The van der Waals surface area contributed by atoms with Gasteiger partial charge in [0, 0.05) is 52.9 Å². The fraction of sp³-hybridized carbons (Fsp3) is 0.241. The number of carboxylic acids is 1. The summed E-state index contributed by atoms with van der Waals surface area (Å²) < 4.78 is 29.8. The minimum atomic E-state index is -1.05.